The molecular formula is C10H16ClNO. The number of nitrogens with zero attached hydrogens (tertiary/aromatic N) is 1. The molecule has 0 spiro atoms. The smallest absolute Gasteiger partial charge is 0.0558 e. The van der Waals surface area contributed by atoms with Gasteiger partial charge >= 0.3 is 0 Å². The van der Waals surface area contributed by atoms with Gasteiger partial charge in [0.05, 0.1) is 6.61 Å². The van der Waals surface area contributed by atoms with Gasteiger partial charge in [0.2, 0.25) is 0 Å². The summed E-state index contributed by atoms with van der Waals surface area (Å²) in [6.07, 6.45) is 0. The van der Waals surface area contributed by atoms with E-state index in [1.54, 1.807) is 0 Å². The molecule has 1 aromatic carbocycles. The number of aliphatic hydroxyl groups excluding tert-OH is 1. The first-order chi connectivity index (χ1) is 5.83. The monoisotopic (exact) mass is 201 g/mol. The van der Waals surface area contributed by atoms with E-state index in [1.165, 1.54) is 5.56 Å². The third kappa shape index (κ3) is 4.88. The van der Waals surface area contributed by atoms with Gasteiger partial charge in [0.15, 0.2) is 0 Å². The lowest BCUT2D eigenvalue weighted by atomic mass is 10.2. The van der Waals surface area contributed by atoms with Gasteiger partial charge in [-0.2, -0.15) is 0 Å². The number of hydrogen-bond acceptors (Lipinski definition) is 2. The van der Waals surface area contributed by atoms with Crippen molar-refractivity contribution in [3.05, 3.63) is 35.9 Å². The fraction of sp³-hybridized carbons (Fsp3) is 0.400. The van der Waals surface area contributed by atoms with Crippen molar-refractivity contribution in [1.82, 2.24) is 4.90 Å². The Hall–Kier alpha value is -0.570. The summed E-state index contributed by atoms with van der Waals surface area (Å²) in [5.41, 5.74) is 1.29. The van der Waals surface area contributed by atoms with Crippen LogP contribution < -0.4 is 0 Å². The average molecular weight is 202 g/mol. The lowest BCUT2D eigenvalue weighted by Gasteiger charge is -2.14. The molecule has 0 aromatic heterocycles. The summed E-state index contributed by atoms with van der Waals surface area (Å²) in [5, 5.41) is 8.67. The third-order valence-electron chi connectivity index (χ3n) is 1.78. The van der Waals surface area contributed by atoms with Gasteiger partial charge in [0.25, 0.3) is 0 Å². The molecular weight excluding hydrogens is 186 g/mol. The molecule has 0 radical (unpaired) electrons. The molecule has 0 fully saturated rings. The molecule has 1 rings (SSSR count). The summed E-state index contributed by atoms with van der Waals surface area (Å²) in [5.74, 6) is 0. The van der Waals surface area contributed by atoms with Crippen molar-refractivity contribution in [2.75, 3.05) is 20.2 Å². The Labute approximate surface area is 85.6 Å². The van der Waals surface area contributed by atoms with Crippen LogP contribution in [0.25, 0.3) is 0 Å². The van der Waals surface area contributed by atoms with Crippen molar-refractivity contribution in [3.8, 4) is 0 Å². The molecule has 2 nitrogen and oxygen atoms in total. The first kappa shape index (κ1) is 12.4. The lowest BCUT2D eigenvalue weighted by Crippen LogP contribution is -2.21. The highest BCUT2D eigenvalue weighted by Crippen LogP contribution is 2.01. The molecule has 0 aliphatic rings. The van der Waals surface area contributed by atoms with E-state index in [0.717, 1.165) is 13.1 Å². The summed E-state index contributed by atoms with van der Waals surface area (Å²) in [6, 6.07) is 10.3. The number of aliphatic hydroxyl groups is 1. The van der Waals surface area contributed by atoms with Crippen LogP contribution in [-0.4, -0.2) is 30.2 Å². The lowest BCUT2D eigenvalue weighted by molar-refractivity contribution is 0.217. The maximum atomic E-state index is 8.67. The van der Waals surface area contributed by atoms with Crippen LogP contribution in [0.15, 0.2) is 30.3 Å². The second-order valence-corrected chi connectivity index (χ2v) is 2.95. The molecule has 3 heteroatoms. The molecule has 0 saturated heterocycles. The van der Waals surface area contributed by atoms with Gasteiger partial charge in [-0.05, 0) is 12.6 Å². The molecule has 0 heterocycles. The van der Waals surface area contributed by atoms with Gasteiger partial charge < -0.3 is 5.11 Å². The minimum absolute atomic E-state index is 0. The second-order valence-electron chi connectivity index (χ2n) is 2.95. The molecule has 0 saturated carbocycles. The van der Waals surface area contributed by atoms with Crippen LogP contribution >= 0.6 is 12.4 Å². The van der Waals surface area contributed by atoms with Crippen molar-refractivity contribution >= 4 is 12.4 Å². The van der Waals surface area contributed by atoms with Gasteiger partial charge in [0, 0.05) is 13.1 Å². The van der Waals surface area contributed by atoms with Crippen LogP contribution in [0.4, 0.5) is 0 Å². The Morgan fingerprint density at radius 3 is 2.38 bits per heavy atom. The molecule has 0 bridgehead atoms. The molecule has 0 unspecified atom stereocenters. The largest absolute Gasteiger partial charge is 0.395 e. The highest BCUT2D eigenvalue weighted by atomic mass is 35.5. The van der Waals surface area contributed by atoms with Crippen LogP contribution in [0.3, 0.4) is 0 Å². The van der Waals surface area contributed by atoms with E-state index in [2.05, 4.69) is 17.0 Å². The fourth-order valence-corrected chi connectivity index (χ4v) is 1.14. The molecule has 1 N–H and O–H groups in total. The van der Waals surface area contributed by atoms with Crippen LogP contribution in [0, 0.1) is 0 Å². The zero-order valence-corrected chi connectivity index (χ0v) is 8.63. The number of hydrogen-bond donors (Lipinski definition) is 1. The minimum atomic E-state index is 0. The summed E-state index contributed by atoms with van der Waals surface area (Å²) < 4.78 is 0. The summed E-state index contributed by atoms with van der Waals surface area (Å²) in [7, 11) is 2.00. The molecule has 13 heavy (non-hydrogen) atoms. The van der Waals surface area contributed by atoms with E-state index in [4.69, 9.17) is 5.11 Å². The number of rotatable bonds is 4. The predicted molar refractivity (Wildman–Crippen MR) is 57.1 cm³/mol. The van der Waals surface area contributed by atoms with Crippen LogP contribution in [0.2, 0.25) is 0 Å². The quantitative estimate of drug-likeness (QED) is 0.799. The Morgan fingerprint density at radius 2 is 1.85 bits per heavy atom. The molecule has 1 aromatic rings. The van der Waals surface area contributed by atoms with Gasteiger partial charge in [0.1, 0.15) is 0 Å². The van der Waals surface area contributed by atoms with Crippen LogP contribution in [0.1, 0.15) is 5.56 Å². The van der Waals surface area contributed by atoms with Crippen LogP contribution in [-0.2, 0) is 6.54 Å². The summed E-state index contributed by atoms with van der Waals surface area (Å²) in [6.45, 7) is 1.86. The van der Waals surface area contributed by atoms with Gasteiger partial charge in [-0.1, -0.05) is 30.3 Å². The Kier molecular flexibility index (Phi) is 6.59. The zero-order valence-electron chi connectivity index (χ0n) is 7.81. The third-order valence-corrected chi connectivity index (χ3v) is 1.78. The SMILES string of the molecule is CN(CCO)Cc1ccccc1.Cl. The number of halogens is 1. The molecule has 0 amide bonds. The maximum Gasteiger partial charge on any atom is 0.0558 e. The predicted octanol–water partition coefficient (Wildman–Crippen LogP) is 1.53. The molecule has 0 aliphatic heterocycles. The van der Waals surface area contributed by atoms with E-state index < -0.39 is 0 Å². The maximum absolute atomic E-state index is 8.67. The topological polar surface area (TPSA) is 23.5 Å². The minimum Gasteiger partial charge on any atom is -0.395 e. The first-order valence-corrected chi connectivity index (χ1v) is 4.16. The molecule has 0 aliphatic carbocycles. The Balaban J connectivity index is 0.00000144. The Morgan fingerprint density at radius 1 is 1.23 bits per heavy atom. The fourth-order valence-electron chi connectivity index (χ4n) is 1.14. The van der Waals surface area contributed by atoms with Crippen molar-refractivity contribution < 1.29 is 5.11 Å². The average Bonchev–Trinajstić information content (AvgIpc) is 2.06. The van der Waals surface area contributed by atoms with Crippen molar-refractivity contribution in [2.45, 2.75) is 6.54 Å². The van der Waals surface area contributed by atoms with E-state index in [1.807, 2.05) is 25.2 Å². The van der Waals surface area contributed by atoms with Gasteiger partial charge in [-0.25, -0.2) is 0 Å². The van der Waals surface area contributed by atoms with E-state index >= 15 is 0 Å². The second kappa shape index (κ2) is 6.89. The van der Waals surface area contributed by atoms with Crippen molar-refractivity contribution in [2.24, 2.45) is 0 Å². The van der Waals surface area contributed by atoms with Crippen molar-refractivity contribution in [3.63, 3.8) is 0 Å². The van der Waals surface area contributed by atoms with E-state index in [-0.39, 0.29) is 19.0 Å². The Bertz CT molecular complexity index is 215. The van der Waals surface area contributed by atoms with Crippen LogP contribution in [0.5, 0.6) is 0 Å². The normalized spacial score (nSPS) is 9.77. The standard InChI is InChI=1S/C10H15NO.ClH/c1-11(7-8-12)9-10-5-3-2-4-6-10;/h2-6,12H,7-9H2,1H3;1H. The van der Waals surface area contributed by atoms with E-state index in [9.17, 15) is 0 Å². The molecule has 0 atom stereocenters. The number of likely N-dealkylation sites (N-methyl/N-ethyl adjacent to an activating group) is 1. The first-order valence-electron chi connectivity index (χ1n) is 4.16. The zero-order chi connectivity index (χ0) is 8.81. The highest BCUT2D eigenvalue weighted by Gasteiger charge is 1.97. The summed E-state index contributed by atoms with van der Waals surface area (Å²) >= 11 is 0. The van der Waals surface area contributed by atoms with E-state index in [0.29, 0.717) is 0 Å². The number of benzene rings is 1. The highest BCUT2D eigenvalue weighted by molar-refractivity contribution is 5.85. The van der Waals surface area contributed by atoms with Gasteiger partial charge in [-0.15, -0.1) is 12.4 Å². The summed E-state index contributed by atoms with van der Waals surface area (Å²) in [4.78, 5) is 2.09. The van der Waals surface area contributed by atoms with Crippen molar-refractivity contribution in [1.29, 1.82) is 0 Å². The molecule has 74 valence electrons. The van der Waals surface area contributed by atoms with Gasteiger partial charge in [-0.3, -0.25) is 4.90 Å².